The second-order valence-corrected chi connectivity index (χ2v) is 5.71. The Kier molecular flexibility index (Phi) is 4.53. The lowest BCUT2D eigenvalue weighted by Crippen LogP contribution is -2.36. The van der Waals surface area contributed by atoms with Crippen LogP contribution in [0.1, 0.15) is 29.8 Å². The molecule has 0 atom stereocenters. The minimum absolute atomic E-state index is 0.0368. The largest absolute Gasteiger partial charge is 0.339 e. The maximum Gasteiger partial charge on any atom is 0.274 e. The van der Waals surface area contributed by atoms with Gasteiger partial charge in [0.05, 0.1) is 12.4 Å². The second-order valence-electron chi connectivity index (χ2n) is 5.27. The highest BCUT2D eigenvalue weighted by molar-refractivity contribution is 6.30. The molecule has 0 aliphatic carbocycles. The first-order chi connectivity index (χ1) is 10.7. The van der Waals surface area contributed by atoms with Gasteiger partial charge in [0.2, 0.25) is 0 Å². The van der Waals surface area contributed by atoms with Crippen LogP contribution in [0, 0.1) is 0 Å². The molecule has 5 nitrogen and oxygen atoms in total. The number of carbonyl (C=O) groups excluding carboxylic acids is 1. The van der Waals surface area contributed by atoms with E-state index >= 15 is 0 Å². The number of hydrogen-bond donors (Lipinski definition) is 1. The number of rotatable bonds is 3. The molecular weight excluding hydrogens is 300 g/mol. The monoisotopic (exact) mass is 316 g/mol. The summed E-state index contributed by atoms with van der Waals surface area (Å²) in [4.78, 5) is 22.6. The molecule has 6 heteroatoms. The highest BCUT2D eigenvalue weighted by atomic mass is 35.5. The zero-order valence-electron chi connectivity index (χ0n) is 12.1. The van der Waals surface area contributed by atoms with Gasteiger partial charge in [-0.05, 0) is 43.5 Å². The predicted molar refractivity (Wildman–Crippen MR) is 86.5 cm³/mol. The van der Waals surface area contributed by atoms with Crippen molar-refractivity contribution in [2.24, 2.45) is 0 Å². The van der Waals surface area contributed by atoms with Crippen molar-refractivity contribution in [3.8, 4) is 0 Å². The molecule has 3 rings (SSSR count). The highest BCUT2D eigenvalue weighted by Crippen LogP contribution is 2.17. The third-order valence-electron chi connectivity index (χ3n) is 3.63. The van der Waals surface area contributed by atoms with Crippen LogP contribution in [-0.4, -0.2) is 33.9 Å². The van der Waals surface area contributed by atoms with Gasteiger partial charge in [0.25, 0.3) is 5.91 Å². The van der Waals surface area contributed by atoms with Crippen molar-refractivity contribution in [3.63, 3.8) is 0 Å². The minimum atomic E-state index is -0.0368. The molecule has 0 spiro atoms. The smallest absolute Gasteiger partial charge is 0.274 e. The van der Waals surface area contributed by atoms with Crippen LogP contribution in [0.5, 0.6) is 0 Å². The van der Waals surface area contributed by atoms with Crippen LogP contribution in [0.3, 0.4) is 0 Å². The van der Waals surface area contributed by atoms with E-state index < -0.39 is 0 Å². The van der Waals surface area contributed by atoms with E-state index in [1.54, 1.807) is 18.3 Å². The molecule has 1 N–H and O–H groups in total. The van der Waals surface area contributed by atoms with E-state index in [0.29, 0.717) is 16.5 Å². The Hall–Kier alpha value is -2.14. The highest BCUT2D eigenvalue weighted by Gasteiger charge is 2.19. The first kappa shape index (κ1) is 14.8. The Morgan fingerprint density at radius 3 is 2.41 bits per heavy atom. The van der Waals surface area contributed by atoms with Crippen LogP contribution in [-0.2, 0) is 0 Å². The van der Waals surface area contributed by atoms with Crippen LogP contribution in [0.15, 0.2) is 36.7 Å². The number of halogens is 1. The van der Waals surface area contributed by atoms with Gasteiger partial charge in [0.1, 0.15) is 11.5 Å². The minimum Gasteiger partial charge on any atom is -0.339 e. The molecule has 2 heterocycles. The van der Waals surface area contributed by atoms with E-state index in [1.807, 2.05) is 17.0 Å². The van der Waals surface area contributed by atoms with Crippen molar-refractivity contribution in [1.29, 1.82) is 0 Å². The Balaban J connectivity index is 1.66. The van der Waals surface area contributed by atoms with Gasteiger partial charge < -0.3 is 10.2 Å². The number of likely N-dealkylation sites (tertiary alicyclic amines) is 1. The summed E-state index contributed by atoms with van der Waals surface area (Å²) < 4.78 is 0. The lowest BCUT2D eigenvalue weighted by molar-refractivity contribution is 0.0718. The lowest BCUT2D eigenvalue weighted by Gasteiger charge is -2.26. The van der Waals surface area contributed by atoms with Crippen molar-refractivity contribution in [2.75, 3.05) is 18.4 Å². The van der Waals surface area contributed by atoms with Gasteiger partial charge in [-0.1, -0.05) is 11.6 Å². The third kappa shape index (κ3) is 3.54. The van der Waals surface area contributed by atoms with Crippen LogP contribution in [0.25, 0.3) is 0 Å². The summed E-state index contributed by atoms with van der Waals surface area (Å²) in [6.45, 7) is 1.62. The Labute approximate surface area is 134 Å². The molecule has 1 aliphatic heterocycles. The van der Waals surface area contributed by atoms with Gasteiger partial charge in [-0.25, -0.2) is 9.97 Å². The van der Waals surface area contributed by atoms with Crippen LogP contribution < -0.4 is 5.32 Å². The van der Waals surface area contributed by atoms with E-state index in [9.17, 15) is 4.79 Å². The van der Waals surface area contributed by atoms with Gasteiger partial charge in [0.15, 0.2) is 0 Å². The van der Waals surface area contributed by atoms with Crippen molar-refractivity contribution >= 4 is 29.0 Å². The molecule has 1 aliphatic rings. The average molecular weight is 317 g/mol. The molecule has 22 heavy (non-hydrogen) atoms. The van der Waals surface area contributed by atoms with Gasteiger partial charge in [0, 0.05) is 23.8 Å². The fraction of sp³-hybridized carbons (Fsp3) is 0.312. The fourth-order valence-corrected chi connectivity index (χ4v) is 2.57. The van der Waals surface area contributed by atoms with Gasteiger partial charge in [-0.2, -0.15) is 0 Å². The predicted octanol–water partition coefficient (Wildman–Crippen LogP) is 3.50. The van der Waals surface area contributed by atoms with Crippen LogP contribution >= 0.6 is 11.6 Å². The van der Waals surface area contributed by atoms with Crippen molar-refractivity contribution in [1.82, 2.24) is 14.9 Å². The molecule has 1 fully saturated rings. The number of amides is 1. The molecule has 0 bridgehead atoms. The number of nitrogens with zero attached hydrogens (tertiary/aromatic N) is 3. The first-order valence-corrected chi connectivity index (χ1v) is 7.74. The molecule has 114 valence electrons. The molecule has 0 radical (unpaired) electrons. The number of nitrogens with one attached hydrogen (secondary N) is 1. The molecular formula is C16H17ClN4O. The molecule has 1 aromatic heterocycles. The Morgan fingerprint density at radius 1 is 1.05 bits per heavy atom. The van der Waals surface area contributed by atoms with Gasteiger partial charge in [-0.3, -0.25) is 4.79 Å². The zero-order valence-corrected chi connectivity index (χ0v) is 12.9. The second kappa shape index (κ2) is 6.75. The van der Waals surface area contributed by atoms with E-state index in [2.05, 4.69) is 15.3 Å². The normalized spacial score (nSPS) is 14.7. The van der Waals surface area contributed by atoms with Gasteiger partial charge in [-0.15, -0.1) is 0 Å². The van der Waals surface area contributed by atoms with Crippen molar-refractivity contribution in [3.05, 3.63) is 47.4 Å². The summed E-state index contributed by atoms with van der Waals surface area (Å²) in [5.74, 6) is 0.558. The molecule has 1 aromatic carbocycles. The standard InChI is InChI=1S/C16H17ClN4O/c17-12-4-6-13(7-5-12)20-15-11-18-14(10-19-15)16(22)21-8-2-1-3-9-21/h4-7,10-11H,1-3,8-9H2,(H,19,20). The summed E-state index contributed by atoms with van der Waals surface area (Å²) in [6, 6.07) is 7.31. The summed E-state index contributed by atoms with van der Waals surface area (Å²) in [6.07, 6.45) is 6.42. The quantitative estimate of drug-likeness (QED) is 0.941. The summed E-state index contributed by atoms with van der Waals surface area (Å²) in [5, 5.41) is 3.80. The number of hydrogen-bond acceptors (Lipinski definition) is 4. The maximum atomic E-state index is 12.3. The zero-order chi connectivity index (χ0) is 15.4. The molecule has 1 saturated heterocycles. The number of anilines is 2. The van der Waals surface area contributed by atoms with Gasteiger partial charge >= 0.3 is 0 Å². The van der Waals surface area contributed by atoms with E-state index in [4.69, 9.17) is 11.6 Å². The number of carbonyl (C=O) groups is 1. The Morgan fingerprint density at radius 2 is 1.77 bits per heavy atom. The molecule has 1 amide bonds. The van der Waals surface area contributed by atoms with Crippen molar-refractivity contribution in [2.45, 2.75) is 19.3 Å². The lowest BCUT2D eigenvalue weighted by atomic mass is 10.1. The number of aromatic nitrogens is 2. The Bertz CT molecular complexity index is 636. The van der Waals surface area contributed by atoms with E-state index in [0.717, 1.165) is 31.6 Å². The number of piperidine rings is 1. The SMILES string of the molecule is O=C(c1cnc(Nc2ccc(Cl)cc2)cn1)N1CCCCC1. The summed E-state index contributed by atoms with van der Waals surface area (Å²) in [7, 11) is 0. The molecule has 0 unspecified atom stereocenters. The summed E-state index contributed by atoms with van der Waals surface area (Å²) in [5.41, 5.74) is 1.26. The van der Waals surface area contributed by atoms with Crippen LogP contribution in [0.2, 0.25) is 5.02 Å². The fourth-order valence-electron chi connectivity index (χ4n) is 2.44. The van der Waals surface area contributed by atoms with Crippen LogP contribution in [0.4, 0.5) is 11.5 Å². The van der Waals surface area contributed by atoms with Crippen molar-refractivity contribution < 1.29 is 4.79 Å². The molecule has 2 aromatic rings. The number of benzene rings is 1. The summed E-state index contributed by atoms with van der Waals surface area (Å²) >= 11 is 5.85. The first-order valence-electron chi connectivity index (χ1n) is 7.36. The van der Waals surface area contributed by atoms with E-state index in [-0.39, 0.29) is 5.91 Å². The van der Waals surface area contributed by atoms with E-state index in [1.165, 1.54) is 12.6 Å². The average Bonchev–Trinajstić information content (AvgIpc) is 2.58. The maximum absolute atomic E-state index is 12.3. The third-order valence-corrected chi connectivity index (χ3v) is 3.88. The molecule has 0 saturated carbocycles. The topological polar surface area (TPSA) is 58.1 Å².